The molecule has 20 heavy (non-hydrogen) atoms. The van der Waals surface area contributed by atoms with E-state index in [0.29, 0.717) is 10.8 Å². The Morgan fingerprint density at radius 2 is 1.80 bits per heavy atom. The Kier molecular flexibility index (Phi) is 7.97. The summed E-state index contributed by atoms with van der Waals surface area (Å²) in [6.45, 7) is 14.3. The minimum atomic E-state index is 0.501. The van der Waals surface area contributed by atoms with Crippen molar-refractivity contribution in [2.45, 2.75) is 73.1 Å². The first kappa shape index (κ1) is 18.4. The molecule has 0 unspecified atom stereocenters. The molecule has 1 nitrogen and oxygen atoms in total. The third kappa shape index (κ3) is 5.97. The topological polar surface area (TPSA) is 12.0 Å². The van der Waals surface area contributed by atoms with Gasteiger partial charge in [-0.15, -0.1) is 0 Å². The van der Waals surface area contributed by atoms with Crippen LogP contribution in [0, 0.1) is 16.7 Å². The Morgan fingerprint density at radius 3 is 2.30 bits per heavy atom. The van der Waals surface area contributed by atoms with E-state index in [-0.39, 0.29) is 0 Å². The van der Waals surface area contributed by atoms with Crippen molar-refractivity contribution in [3.8, 4) is 0 Å². The largest absolute Gasteiger partial charge is 0.316 e. The molecule has 0 aromatic carbocycles. The van der Waals surface area contributed by atoms with E-state index in [9.17, 15) is 0 Å². The molecule has 0 atom stereocenters. The van der Waals surface area contributed by atoms with Gasteiger partial charge in [-0.05, 0) is 73.3 Å². The van der Waals surface area contributed by atoms with E-state index < -0.39 is 0 Å². The first-order valence-corrected chi connectivity index (χ1v) is 9.87. The Balaban J connectivity index is 2.52. The summed E-state index contributed by atoms with van der Waals surface area (Å²) in [6, 6.07) is 0. The van der Waals surface area contributed by atoms with Crippen molar-refractivity contribution in [3.05, 3.63) is 0 Å². The van der Waals surface area contributed by atoms with Crippen LogP contribution in [0.3, 0.4) is 0 Å². The Morgan fingerprint density at radius 1 is 1.15 bits per heavy atom. The zero-order valence-electron chi connectivity index (χ0n) is 14.6. The van der Waals surface area contributed by atoms with E-state index in [1.54, 1.807) is 0 Å². The van der Waals surface area contributed by atoms with E-state index in [1.165, 1.54) is 63.1 Å². The Labute approximate surface area is 132 Å². The summed E-state index contributed by atoms with van der Waals surface area (Å²) in [5.41, 5.74) is 1.10. The molecule has 0 radical (unpaired) electrons. The van der Waals surface area contributed by atoms with Gasteiger partial charge in [0.05, 0.1) is 0 Å². The summed E-state index contributed by atoms with van der Waals surface area (Å²) in [5.74, 6) is 3.55. The molecule has 1 aliphatic carbocycles. The zero-order valence-corrected chi connectivity index (χ0v) is 15.4. The molecule has 0 bridgehead atoms. The first-order chi connectivity index (χ1) is 9.43. The molecule has 1 saturated carbocycles. The molecule has 0 aromatic heterocycles. The summed E-state index contributed by atoms with van der Waals surface area (Å²) >= 11 is 2.12. The molecule has 2 heteroatoms. The van der Waals surface area contributed by atoms with Crippen LogP contribution in [0.25, 0.3) is 0 Å². The van der Waals surface area contributed by atoms with Gasteiger partial charge in [-0.25, -0.2) is 0 Å². The second kappa shape index (κ2) is 8.68. The van der Waals surface area contributed by atoms with Gasteiger partial charge in [0.15, 0.2) is 0 Å². The van der Waals surface area contributed by atoms with Gasteiger partial charge in [0.25, 0.3) is 0 Å². The van der Waals surface area contributed by atoms with Crippen molar-refractivity contribution in [1.29, 1.82) is 0 Å². The lowest BCUT2D eigenvalue weighted by Gasteiger charge is -2.44. The molecule has 0 amide bonds. The fourth-order valence-corrected chi connectivity index (χ4v) is 4.44. The molecular formula is C18H37NS. The smallest absolute Gasteiger partial charge is 0.000810 e. The first-order valence-electron chi connectivity index (χ1n) is 8.72. The number of nitrogens with one attached hydrogen (secondary N) is 1. The van der Waals surface area contributed by atoms with Gasteiger partial charge in [-0.3, -0.25) is 0 Å². The van der Waals surface area contributed by atoms with Crippen LogP contribution in [0.4, 0.5) is 0 Å². The van der Waals surface area contributed by atoms with Gasteiger partial charge in [0.2, 0.25) is 0 Å². The molecular weight excluding hydrogens is 262 g/mol. The minimum Gasteiger partial charge on any atom is -0.316 e. The Hall–Kier alpha value is 0.310. The lowest BCUT2D eigenvalue weighted by atomic mass is 9.63. The van der Waals surface area contributed by atoms with Gasteiger partial charge in [-0.2, -0.15) is 11.8 Å². The number of hydrogen-bond acceptors (Lipinski definition) is 2. The summed E-state index contributed by atoms with van der Waals surface area (Å²) in [7, 11) is 0. The van der Waals surface area contributed by atoms with Crippen LogP contribution in [0.5, 0.6) is 0 Å². The molecule has 1 fully saturated rings. The quantitative estimate of drug-likeness (QED) is 0.606. The van der Waals surface area contributed by atoms with E-state index in [4.69, 9.17) is 0 Å². The molecule has 1 N–H and O–H groups in total. The maximum Gasteiger partial charge on any atom is 0.000810 e. The van der Waals surface area contributed by atoms with Crippen LogP contribution in [-0.2, 0) is 0 Å². The molecule has 120 valence electrons. The van der Waals surface area contributed by atoms with Gasteiger partial charge in [-0.1, -0.05) is 34.6 Å². The lowest BCUT2D eigenvalue weighted by Crippen LogP contribution is -2.40. The average Bonchev–Trinajstić information content (AvgIpc) is 2.39. The van der Waals surface area contributed by atoms with Crippen LogP contribution in [0.1, 0.15) is 73.1 Å². The third-order valence-corrected chi connectivity index (χ3v) is 6.08. The zero-order chi connectivity index (χ0) is 15.1. The summed E-state index contributed by atoms with van der Waals surface area (Å²) < 4.78 is 0. The second-order valence-electron chi connectivity index (χ2n) is 7.76. The van der Waals surface area contributed by atoms with E-state index >= 15 is 0 Å². The van der Waals surface area contributed by atoms with E-state index in [1.807, 2.05) is 0 Å². The van der Waals surface area contributed by atoms with Crippen LogP contribution >= 0.6 is 11.8 Å². The van der Waals surface area contributed by atoms with Crippen molar-refractivity contribution in [2.75, 3.05) is 24.6 Å². The lowest BCUT2D eigenvalue weighted by molar-refractivity contribution is 0.0842. The highest BCUT2D eigenvalue weighted by Gasteiger charge is 2.37. The molecule has 0 aliphatic heterocycles. The molecule has 0 aromatic rings. The van der Waals surface area contributed by atoms with Crippen molar-refractivity contribution in [1.82, 2.24) is 5.32 Å². The SMILES string of the molecule is CCCNCC1(CCSCC)CCC(C(C)(C)C)CC1. The van der Waals surface area contributed by atoms with Gasteiger partial charge >= 0.3 is 0 Å². The van der Waals surface area contributed by atoms with Crippen LogP contribution in [-0.4, -0.2) is 24.6 Å². The number of thioether (sulfide) groups is 1. The highest BCUT2D eigenvalue weighted by molar-refractivity contribution is 7.99. The average molecular weight is 300 g/mol. The second-order valence-corrected chi connectivity index (χ2v) is 9.16. The standard InChI is InChI=1S/C18H37NS/c1-6-13-19-15-18(12-14-20-7-2)10-8-16(9-11-18)17(3,4)5/h16,19H,6-15H2,1-5H3. The maximum atomic E-state index is 3.72. The highest BCUT2D eigenvalue weighted by Crippen LogP contribution is 2.47. The van der Waals surface area contributed by atoms with Crippen molar-refractivity contribution < 1.29 is 0 Å². The fraction of sp³-hybridized carbons (Fsp3) is 1.00. The summed E-state index contributed by atoms with van der Waals surface area (Å²) in [6.07, 6.45) is 8.43. The van der Waals surface area contributed by atoms with Crippen molar-refractivity contribution >= 4 is 11.8 Å². The Bertz CT molecular complexity index is 237. The van der Waals surface area contributed by atoms with Gasteiger partial charge in [0.1, 0.15) is 0 Å². The van der Waals surface area contributed by atoms with Crippen molar-refractivity contribution in [3.63, 3.8) is 0 Å². The predicted octanol–water partition coefficient (Wildman–Crippen LogP) is 5.35. The van der Waals surface area contributed by atoms with Crippen molar-refractivity contribution in [2.24, 2.45) is 16.7 Å². The van der Waals surface area contributed by atoms with E-state index in [0.717, 1.165) is 5.92 Å². The predicted molar refractivity (Wildman–Crippen MR) is 94.6 cm³/mol. The fourth-order valence-electron chi connectivity index (χ4n) is 3.57. The number of rotatable bonds is 8. The molecule has 0 saturated heterocycles. The van der Waals surface area contributed by atoms with Gasteiger partial charge in [0, 0.05) is 6.54 Å². The highest BCUT2D eigenvalue weighted by atomic mass is 32.2. The normalized spacial score (nSPS) is 27.8. The minimum absolute atomic E-state index is 0.501. The molecule has 1 aliphatic rings. The van der Waals surface area contributed by atoms with Crippen LogP contribution < -0.4 is 5.32 Å². The molecule has 1 rings (SSSR count). The maximum absolute atomic E-state index is 3.72. The summed E-state index contributed by atoms with van der Waals surface area (Å²) in [5, 5.41) is 3.72. The molecule has 0 heterocycles. The number of hydrogen-bond donors (Lipinski definition) is 1. The third-order valence-electron chi connectivity index (χ3n) is 5.18. The van der Waals surface area contributed by atoms with E-state index in [2.05, 4.69) is 51.7 Å². The van der Waals surface area contributed by atoms with Crippen LogP contribution in [0.2, 0.25) is 0 Å². The van der Waals surface area contributed by atoms with Crippen LogP contribution in [0.15, 0.2) is 0 Å². The van der Waals surface area contributed by atoms with Gasteiger partial charge < -0.3 is 5.32 Å². The monoisotopic (exact) mass is 299 g/mol. The summed E-state index contributed by atoms with van der Waals surface area (Å²) in [4.78, 5) is 0. The molecule has 0 spiro atoms.